The van der Waals surface area contributed by atoms with Crippen molar-refractivity contribution in [2.24, 2.45) is 17.1 Å². The minimum atomic E-state index is -0.782. The molecule has 0 radical (unpaired) electrons. The van der Waals surface area contributed by atoms with Crippen molar-refractivity contribution in [3.8, 4) is 5.69 Å². The Labute approximate surface area is 194 Å². The van der Waals surface area contributed by atoms with E-state index in [-0.39, 0.29) is 23.1 Å². The second kappa shape index (κ2) is 8.42. The van der Waals surface area contributed by atoms with E-state index in [0.717, 1.165) is 50.1 Å². The number of aliphatic hydroxyl groups is 1. The first kappa shape index (κ1) is 22.4. The Morgan fingerprint density at radius 1 is 1.24 bits per heavy atom. The number of halogens is 1. The molecule has 6 nitrogen and oxygen atoms in total. The van der Waals surface area contributed by atoms with Gasteiger partial charge >= 0.3 is 0 Å². The molecule has 178 valence electrons. The van der Waals surface area contributed by atoms with Crippen LogP contribution >= 0.6 is 0 Å². The lowest BCUT2D eigenvalue weighted by Gasteiger charge is -2.30. The lowest BCUT2D eigenvalue weighted by molar-refractivity contribution is 0.0996. The van der Waals surface area contributed by atoms with E-state index >= 15 is 4.39 Å². The second-order valence-electron chi connectivity index (χ2n) is 11.1. The molecule has 2 aromatic rings. The zero-order chi connectivity index (χ0) is 23.3. The van der Waals surface area contributed by atoms with Crippen molar-refractivity contribution in [2.45, 2.75) is 90.2 Å². The van der Waals surface area contributed by atoms with E-state index < -0.39 is 11.7 Å². The minimum Gasteiger partial charge on any atom is -0.393 e. The van der Waals surface area contributed by atoms with Crippen molar-refractivity contribution in [3.05, 3.63) is 40.5 Å². The highest BCUT2D eigenvalue weighted by Gasteiger charge is 2.34. The van der Waals surface area contributed by atoms with Gasteiger partial charge in [0.15, 0.2) is 0 Å². The van der Waals surface area contributed by atoms with Crippen molar-refractivity contribution < 1.29 is 14.3 Å². The summed E-state index contributed by atoms with van der Waals surface area (Å²) in [6.45, 7) is 4.55. The number of hydrogen-bond acceptors (Lipinski definition) is 4. The molecule has 0 unspecified atom stereocenters. The summed E-state index contributed by atoms with van der Waals surface area (Å²) in [5.41, 5.74) is 10.3. The molecule has 1 heterocycles. The highest BCUT2D eigenvalue weighted by molar-refractivity contribution is 5.99. The van der Waals surface area contributed by atoms with Crippen molar-refractivity contribution in [1.29, 1.82) is 0 Å². The van der Waals surface area contributed by atoms with E-state index in [9.17, 15) is 9.90 Å². The number of aromatic nitrogens is 2. The Balaban J connectivity index is 1.55. The first-order valence-corrected chi connectivity index (χ1v) is 12.4. The van der Waals surface area contributed by atoms with Gasteiger partial charge in [-0.2, -0.15) is 5.10 Å². The Hall–Kier alpha value is -2.41. The maximum Gasteiger partial charge on any atom is 0.253 e. The summed E-state index contributed by atoms with van der Waals surface area (Å²) in [5, 5.41) is 18.2. The fourth-order valence-corrected chi connectivity index (χ4v) is 5.50. The number of anilines is 1. The Bertz CT molecular complexity index is 1060. The number of primary amides is 1. The fourth-order valence-electron chi connectivity index (χ4n) is 5.50. The van der Waals surface area contributed by atoms with Crippen LogP contribution in [-0.2, 0) is 19.3 Å². The standard InChI is InChI=1S/C26H35FN4O2/c1-26(2)10-9-19-21(11-15-3-4-15)30-31(23(19)14-26)17-12-20(27)24(25(28)33)22(13-17)29-16-5-7-18(32)8-6-16/h12-13,15-16,18,29,32H,3-11,14H2,1-2H3,(H2,28,33). The molecule has 0 aliphatic heterocycles. The Morgan fingerprint density at radius 3 is 2.64 bits per heavy atom. The summed E-state index contributed by atoms with van der Waals surface area (Å²) in [6, 6.07) is 3.28. The van der Waals surface area contributed by atoms with Gasteiger partial charge in [-0.3, -0.25) is 4.79 Å². The van der Waals surface area contributed by atoms with Crippen molar-refractivity contribution >= 4 is 11.6 Å². The molecule has 3 aliphatic rings. The molecule has 1 amide bonds. The smallest absolute Gasteiger partial charge is 0.253 e. The number of carbonyl (C=O) groups is 1. The summed E-state index contributed by atoms with van der Waals surface area (Å²) in [4.78, 5) is 12.1. The van der Waals surface area contributed by atoms with Crippen LogP contribution in [-0.4, -0.2) is 32.9 Å². The Morgan fingerprint density at radius 2 is 1.97 bits per heavy atom. The van der Waals surface area contributed by atoms with Crippen molar-refractivity contribution in [2.75, 3.05) is 5.32 Å². The molecule has 2 fully saturated rings. The lowest BCUT2D eigenvalue weighted by atomic mass is 9.76. The quantitative estimate of drug-likeness (QED) is 0.607. The van der Waals surface area contributed by atoms with Crippen LogP contribution in [0.15, 0.2) is 12.1 Å². The van der Waals surface area contributed by atoms with E-state index in [1.165, 1.54) is 30.2 Å². The van der Waals surface area contributed by atoms with Crippen molar-refractivity contribution in [1.82, 2.24) is 9.78 Å². The summed E-state index contributed by atoms with van der Waals surface area (Å²) in [6.07, 6.45) is 9.17. The number of fused-ring (bicyclic) bond motifs is 1. The second-order valence-corrected chi connectivity index (χ2v) is 11.1. The average Bonchev–Trinajstić information content (AvgIpc) is 3.49. The molecule has 0 bridgehead atoms. The number of hydrogen-bond donors (Lipinski definition) is 3. The normalized spacial score (nSPS) is 24.4. The maximum atomic E-state index is 15.3. The van der Waals surface area contributed by atoms with Gasteiger partial charge in [0.05, 0.1) is 28.7 Å². The first-order chi connectivity index (χ1) is 15.7. The number of nitrogens with zero attached hydrogens (tertiary/aromatic N) is 2. The molecule has 1 aromatic heterocycles. The van der Waals surface area contributed by atoms with Gasteiger partial charge in [0.25, 0.3) is 5.91 Å². The predicted molar refractivity (Wildman–Crippen MR) is 126 cm³/mol. The SMILES string of the molecule is CC1(C)CCc2c(CC3CC3)nn(-c3cc(F)c(C(N)=O)c(NC4CCC(O)CC4)c3)c2C1. The largest absolute Gasteiger partial charge is 0.393 e. The zero-order valence-electron chi connectivity index (χ0n) is 19.7. The predicted octanol–water partition coefficient (Wildman–Crippen LogP) is 4.29. The van der Waals surface area contributed by atoms with Gasteiger partial charge in [0.1, 0.15) is 5.82 Å². The van der Waals surface area contributed by atoms with Crippen LogP contribution in [0.1, 0.15) is 86.1 Å². The minimum absolute atomic E-state index is 0.0667. The number of rotatable bonds is 6. The molecule has 0 atom stereocenters. The molecule has 7 heteroatoms. The van der Waals surface area contributed by atoms with E-state index in [1.54, 1.807) is 0 Å². The number of carbonyl (C=O) groups excluding carboxylic acids is 1. The summed E-state index contributed by atoms with van der Waals surface area (Å²) in [5.74, 6) is -0.683. The van der Waals surface area contributed by atoms with Crippen LogP contribution in [0.25, 0.3) is 5.69 Å². The molecular formula is C26H35FN4O2. The monoisotopic (exact) mass is 454 g/mol. The fraction of sp³-hybridized carbons (Fsp3) is 0.615. The number of nitrogens with two attached hydrogens (primary N) is 1. The molecule has 3 aliphatic carbocycles. The van der Waals surface area contributed by atoms with Crippen LogP contribution in [0.2, 0.25) is 0 Å². The number of amides is 1. The summed E-state index contributed by atoms with van der Waals surface area (Å²) < 4.78 is 17.2. The molecule has 5 rings (SSSR count). The van der Waals surface area contributed by atoms with E-state index in [2.05, 4.69) is 19.2 Å². The maximum absolute atomic E-state index is 15.3. The third-order valence-corrected chi connectivity index (χ3v) is 7.67. The van der Waals surface area contributed by atoms with Crippen LogP contribution < -0.4 is 11.1 Å². The van der Waals surface area contributed by atoms with E-state index in [1.807, 2.05) is 10.7 Å². The van der Waals surface area contributed by atoms with Gasteiger partial charge in [0.2, 0.25) is 0 Å². The average molecular weight is 455 g/mol. The summed E-state index contributed by atoms with van der Waals surface area (Å²) >= 11 is 0. The molecule has 1 aromatic carbocycles. The molecule has 0 spiro atoms. The lowest BCUT2D eigenvalue weighted by Crippen LogP contribution is -2.30. The van der Waals surface area contributed by atoms with Gasteiger partial charge in [-0.15, -0.1) is 0 Å². The highest BCUT2D eigenvalue weighted by atomic mass is 19.1. The summed E-state index contributed by atoms with van der Waals surface area (Å²) in [7, 11) is 0. The van der Waals surface area contributed by atoms with Crippen LogP contribution in [0, 0.1) is 17.2 Å². The van der Waals surface area contributed by atoms with Crippen LogP contribution in [0.5, 0.6) is 0 Å². The van der Waals surface area contributed by atoms with Gasteiger partial charge in [-0.05, 0) is 87.2 Å². The van der Waals surface area contributed by atoms with Gasteiger partial charge < -0.3 is 16.2 Å². The third-order valence-electron chi connectivity index (χ3n) is 7.67. The first-order valence-electron chi connectivity index (χ1n) is 12.4. The molecule has 4 N–H and O–H groups in total. The number of nitrogens with one attached hydrogen (secondary N) is 1. The van der Waals surface area contributed by atoms with Gasteiger partial charge in [-0.25, -0.2) is 9.07 Å². The van der Waals surface area contributed by atoms with E-state index in [4.69, 9.17) is 10.8 Å². The van der Waals surface area contributed by atoms with Gasteiger partial charge in [0, 0.05) is 17.8 Å². The third kappa shape index (κ3) is 4.65. The number of aliphatic hydroxyl groups excluding tert-OH is 1. The zero-order valence-corrected chi connectivity index (χ0v) is 19.7. The molecule has 33 heavy (non-hydrogen) atoms. The van der Waals surface area contributed by atoms with Crippen LogP contribution in [0.4, 0.5) is 10.1 Å². The number of benzene rings is 1. The molecule has 0 saturated heterocycles. The van der Waals surface area contributed by atoms with E-state index in [0.29, 0.717) is 24.2 Å². The van der Waals surface area contributed by atoms with Crippen molar-refractivity contribution in [3.63, 3.8) is 0 Å². The topological polar surface area (TPSA) is 93.2 Å². The highest BCUT2D eigenvalue weighted by Crippen LogP contribution is 2.40. The molecular weight excluding hydrogens is 419 g/mol. The van der Waals surface area contributed by atoms with Gasteiger partial charge in [-0.1, -0.05) is 13.8 Å². The van der Waals surface area contributed by atoms with Crippen LogP contribution in [0.3, 0.4) is 0 Å². The molecule has 2 saturated carbocycles. The Kier molecular flexibility index (Phi) is 5.71.